The van der Waals surface area contributed by atoms with Gasteiger partial charge < -0.3 is 18.9 Å². The maximum Gasteiger partial charge on any atom is 0.344 e. The van der Waals surface area contributed by atoms with Gasteiger partial charge in [0.15, 0.2) is 18.1 Å². The van der Waals surface area contributed by atoms with E-state index in [9.17, 15) is 18.0 Å². The molecule has 0 saturated carbocycles. The largest absolute Gasteiger partial charge is 0.486 e. The maximum atomic E-state index is 12.4. The first-order valence-corrected chi connectivity index (χ1v) is 11.3. The van der Waals surface area contributed by atoms with Crippen molar-refractivity contribution in [3.63, 3.8) is 0 Å². The van der Waals surface area contributed by atoms with Gasteiger partial charge in [-0.15, -0.1) is 0 Å². The van der Waals surface area contributed by atoms with Crippen LogP contribution in [0, 0.1) is 0 Å². The first-order chi connectivity index (χ1) is 14.1. The number of esters is 2. The molecule has 0 aromatic heterocycles. The lowest BCUT2D eigenvalue weighted by atomic mass is 10.2. The Morgan fingerprint density at radius 3 is 2.43 bits per heavy atom. The van der Waals surface area contributed by atoms with E-state index in [0.29, 0.717) is 44.0 Å². The molecule has 0 saturated heterocycles. The minimum Gasteiger partial charge on any atom is -0.486 e. The molecule has 30 heavy (non-hydrogen) atoms. The van der Waals surface area contributed by atoms with Gasteiger partial charge >= 0.3 is 11.9 Å². The monoisotopic (exact) mass is 443 g/mol. The molecule has 0 bridgehead atoms. The van der Waals surface area contributed by atoms with Gasteiger partial charge in [0.2, 0.25) is 10.0 Å². The molecular weight excluding hydrogens is 414 g/mol. The fraction of sp³-hybridized carbons (Fsp3) is 0.600. The van der Waals surface area contributed by atoms with Crippen molar-refractivity contribution in [2.24, 2.45) is 0 Å². The number of rotatable bonds is 10. The zero-order valence-electron chi connectivity index (χ0n) is 17.6. The van der Waals surface area contributed by atoms with E-state index in [0.717, 1.165) is 0 Å². The van der Waals surface area contributed by atoms with Crippen LogP contribution >= 0.6 is 0 Å². The summed E-state index contributed by atoms with van der Waals surface area (Å²) in [7, 11) is -3.66. The predicted octanol–water partition coefficient (Wildman–Crippen LogP) is 2.18. The molecule has 0 atom stereocenters. The average molecular weight is 444 g/mol. The van der Waals surface area contributed by atoms with Gasteiger partial charge in [-0.1, -0.05) is 6.42 Å². The van der Waals surface area contributed by atoms with Gasteiger partial charge in [-0.05, 0) is 45.7 Å². The van der Waals surface area contributed by atoms with Crippen LogP contribution in [0.1, 0.15) is 46.5 Å². The Hall–Kier alpha value is -2.33. The van der Waals surface area contributed by atoms with Crippen LogP contribution in [0.4, 0.5) is 0 Å². The summed E-state index contributed by atoms with van der Waals surface area (Å²) >= 11 is 0. The van der Waals surface area contributed by atoms with E-state index >= 15 is 0 Å². The van der Waals surface area contributed by atoms with Gasteiger partial charge in [0.25, 0.3) is 0 Å². The van der Waals surface area contributed by atoms with Crippen LogP contribution in [0.5, 0.6) is 11.5 Å². The number of nitrogens with one attached hydrogen (secondary N) is 1. The van der Waals surface area contributed by atoms with Gasteiger partial charge in [0, 0.05) is 19.0 Å². The molecule has 9 nitrogen and oxygen atoms in total. The molecule has 0 aliphatic carbocycles. The van der Waals surface area contributed by atoms with Crippen molar-refractivity contribution in [1.29, 1.82) is 0 Å². The van der Waals surface area contributed by atoms with Crippen molar-refractivity contribution in [2.75, 3.05) is 26.4 Å². The number of hydrogen-bond acceptors (Lipinski definition) is 8. The highest BCUT2D eigenvalue weighted by Gasteiger charge is 2.19. The molecule has 1 aliphatic heterocycles. The molecule has 1 N–H and O–H groups in total. The van der Waals surface area contributed by atoms with Crippen LogP contribution in [-0.2, 0) is 29.1 Å². The summed E-state index contributed by atoms with van der Waals surface area (Å²) in [5.41, 5.74) is -0.628. The average Bonchev–Trinajstić information content (AvgIpc) is 2.67. The molecule has 168 valence electrons. The highest BCUT2D eigenvalue weighted by atomic mass is 32.2. The van der Waals surface area contributed by atoms with Crippen LogP contribution < -0.4 is 14.2 Å². The summed E-state index contributed by atoms with van der Waals surface area (Å²) in [6.07, 6.45) is 1.87. The zero-order chi connectivity index (χ0) is 22.2. The standard InChI is InChI=1S/C20H29NO8S/c1-20(2,3)29-19(23)14-28-18(22)7-5-4-6-10-21-30(24,25)15-8-9-16-17(13-15)27-12-11-26-16/h8-9,13,21H,4-7,10-12,14H2,1-3H3. The Bertz CT molecular complexity index is 845. The van der Waals surface area contributed by atoms with Crippen molar-refractivity contribution in [3.05, 3.63) is 18.2 Å². The maximum absolute atomic E-state index is 12.4. The first-order valence-electron chi connectivity index (χ1n) is 9.84. The van der Waals surface area contributed by atoms with Crippen LogP contribution in [0.2, 0.25) is 0 Å². The van der Waals surface area contributed by atoms with E-state index in [1.54, 1.807) is 26.8 Å². The Morgan fingerprint density at radius 2 is 1.73 bits per heavy atom. The van der Waals surface area contributed by atoms with Crippen LogP contribution in [-0.4, -0.2) is 52.3 Å². The molecule has 0 spiro atoms. The van der Waals surface area contributed by atoms with Gasteiger partial charge in [-0.3, -0.25) is 4.79 Å². The van der Waals surface area contributed by atoms with Crippen molar-refractivity contribution < 1.29 is 37.0 Å². The van der Waals surface area contributed by atoms with Crippen LogP contribution in [0.3, 0.4) is 0 Å². The highest BCUT2D eigenvalue weighted by Crippen LogP contribution is 2.32. The van der Waals surface area contributed by atoms with E-state index in [1.165, 1.54) is 12.1 Å². The number of unbranched alkanes of at least 4 members (excludes halogenated alkanes) is 2. The Balaban J connectivity index is 1.63. The van der Waals surface area contributed by atoms with Crippen molar-refractivity contribution >= 4 is 22.0 Å². The second kappa shape index (κ2) is 10.6. The molecule has 2 rings (SSSR count). The van der Waals surface area contributed by atoms with Crippen molar-refractivity contribution in [1.82, 2.24) is 4.72 Å². The summed E-state index contributed by atoms with van der Waals surface area (Å²) in [5.74, 6) is -0.144. The Morgan fingerprint density at radius 1 is 1.03 bits per heavy atom. The minimum absolute atomic E-state index is 0.109. The Kier molecular flexibility index (Phi) is 8.48. The van der Waals surface area contributed by atoms with E-state index in [1.807, 2.05) is 0 Å². The molecule has 1 aromatic carbocycles. The van der Waals surface area contributed by atoms with Crippen molar-refractivity contribution in [3.8, 4) is 11.5 Å². The Labute approximate surface area is 177 Å². The number of fused-ring (bicyclic) bond motifs is 1. The molecule has 1 aromatic rings. The van der Waals surface area contributed by atoms with Gasteiger partial charge in [-0.2, -0.15) is 0 Å². The van der Waals surface area contributed by atoms with Gasteiger partial charge in [0.1, 0.15) is 18.8 Å². The third kappa shape index (κ3) is 8.19. The number of sulfonamides is 1. The summed E-state index contributed by atoms with van der Waals surface area (Å²) in [5, 5.41) is 0. The van der Waals surface area contributed by atoms with E-state index < -0.39 is 34.2 Å². The molecule has 0 fully saturated rings. The third-order valence-corrected chi connectivity index (χ3v) is 5.40. The summed E-state index contributed by atoms with van der Waals surface area (Å²) in [4.78, 5) is 23.2. The second-order valence-corrected chi connectivity index (χ2v) is 9.53. The number of carbonyl (C=O) groups is 2. The lowest BCUT2D eigenvalue weighted by Crippen LogP contribution is -2.27. The summed E-state index contributed by atoms with van der Waals surface area (Å²) in [6, 6.07) is 4.49. The molecular formula is C20H29NO8S. The number of benzene rings is 1. The lowest BCUT2D eigenvalue weighted by molar-refractivity contribution is -0.166. The fourth-order valence-electron chi connectivity index (χ4n) is 2.63. The molecule has 10 heteroatoms. The topological polar surface area (TPSA) is 117 Å². The second-order valence-electron chi connectivity index (χ2n) is 7.76. The molecule has 0 amide bonds. The zero-order valence-corrected chi connectivity index (χ0v) is 18.4. The van der Waals surface area contributed by atoms with E-state index in [4.69, 9.17) is 18.9 Å². The SMILES string of the molecule is CC(C)(C)OC(=O)COC(=O)CCCCCNS(=O)(=O)c1ccc2c(c1)OCCO2. The summed E-state index contributed by atoms with van der Waals surface area (Å²) in [6.45, 7) is 5.84. The van der Waals surface area contributed by atoms with E-state index in [2.05, 4.69) is 4.72 Å². The molecule has 1 heterocycles. The third-order valence-electron chi connectivity index (χ3n) is 3.94. The highest BCUT2D eigenvalue weighted by molar-refractivity contribution is 7.89. The molecule has 1 aliphatic rings. The predicted molar refractivity (Wildman–Crippen MR) is 108 cm³/mol. The fourth-order valence-corrected chi connectivity index (χ4v) is 3.72. The number of carbonyl (C=O) groups excluding carboxylic acids is 2. The lowest BCUT2D eigenvalue weighted by Gasteiger charge is -2.19. The van der Waals surface area contributed by atoms with Gasteiger partial charge in [-0.25, -0.2) is 17.9 Å². The summed E-state index contributed by atoms with van der Waals surface area (Å²) < 4.78 is 48.0. The van der Waals surface area contributed by atoms with Crippen LogP contribution in [0.25, 0.3) is 0 Å². The molecule has 0 unspecified atom stereocenters. The number of hydrogen-bond donors (Lipinski definition) is 1. The van der Waals surface area contributed by atoms with E-state index in [-0.39, 0.29) is 17.9 Å². The minimum atomic E-state index is -3.66. The molecule has 0 radical (unpaired) electrons. The van der Waals surface area contributed by atoms with Crippen LogP contribution in [0.15, 0.2) is 23.1 Å². The van der Waals surface area contributed by atoms with Gasteiger partial charge in [0.05, 0.1) is 4.90 Å². The normalized spacial score (nSPS) is 13.6. The quantitative estimate of drug-likeness (QED) is 0.432. The van der Waals surface area contributed by atoms with Crippen molar-refractivity contribution in [2.45, 2.75) is 57.0 Å². The smallest absolute Gasteiger partial charge is 0.344 e. The first kappa shape index (κ1) is 23.9. The number of ether oxygens (including phenoxy) is 4.